The Bertz CT molecular complexity index is 1190. The van der Waals surface area contributed by atoms with Gasteiger partial charge in [-0.1, -0.05) is 48.4 Å². The molecular weight excluding hydrogens is 519 g/mol. The van der Waals surface area contributed by atoms with E-state index < -0.39 is 51.2 Å². The van der Waals surface area contributed by atoms with Crippen molar-refractivity contribution >= 4 is 39.1 Å². The fourth-order valence-corrected chi connectivity index (χ4v) is 4.67. The molecule has 0 unspecified atom stereocenters. The second kappa shape index (κ2) is 12.0. The number of carbonyl (C=O) groups is 2. The highest BCUT2D eigenvalue weighted by Crippen LogP contribution is 2.37. The summed E-state index contributed by atoms with van der Waals surface area (Å²) in [4.78, 5) is 27.5. The Morgan fingerprint density at radius 3 is 2.19 bits per heavy atom. The van der Waals surface area contributed by atoms with E-state index in [0.717, 1.165) is 24.0 Å². The number of aryl methyl sites for hydroxylation is 1. The van der Waals surface area contributed by atoms with Crippen LogP contribution in [0.5, 0.6) is 0 Å². The fourth-order valence-electron chi connectivity index (χ4n) is 3.60. The van der Waals surface area contributed by atoms with Gasteiger partial charge < -0.3 is 10.2 Å². The van der Waals surface area contributed by atoms with Crippen molar-refractivity contribution in [3.63, 3.8) is 0 Å². The standard InChI is InChI=1S/C24H29ClF3N3O4S/c1-5-21(23(33)29-6-2)30(14-17-9-7-16(3)8-10-17)22(32)15-31(36(4,34)35)18-11-12-20(25)19(13-18)24(26,27)28/h7-13,21H,5-6,14-15H2,1-4H3,(H,29,33)/t21-/m1/s1. The van der Waals surface area contributed by atoms with Crippen molar-refractivity contribution < 1.29 is 31.2 Å². The van der Waals surface area contributed by atoms with Gasteiger partial charge in [-0.3, -0.25) is 13.9 Å². The van der Waals surface area contributed by atoms with Gasteiger partial charge in [-0.05, 0) is 44.0 Å². The summed E-state index contributed by atoms with van der Waals surface area (Å²) < 4.78 is 65.9. The van der Waals surface area contributed by atoms with Gasteiger partial charge in [0.15, 0.2) is 0 Å². The number of likely N-dealkylation sites (N-methyl/N-ethyl adjacent to an activating group) is 1. The zero-order chi connectivity index (χ0) is 27.3. The van der Waals surface area contributed by atoms with Crippen LogP contribution in [-0.4, -0.2) is 50.5 Å². The lowest BCUT2D eigenvalue weighted by molar-refractivity contribution is -0.140. The molecule has 0 aromatic heterocycles. The van der Waals surface area contributed by atoms with Gasteiger partial charge in [0, 0.05) is 13.1 Å². The van der Waals surface area contributed by atoms with Gasteiger partial charge in [-0.2, -0.15) is 13.2 Å². The molecule has 7 nitrogen and oxygen atoms in total. The molecule has 1 N–H and O–H groups in total. The van der Waals surface area contributed by atoms with Crippen LogP contribution in [0.25, 0.3) is 0 Å². The van der Waals surface area contributed by atoms with Crippen LogP contribution in [0.4, 0.5) is 18.9 Å². The second-order valence-electron chi connectivity index (χ2n) is 8.26. The molecule has 36 heavy (non-hydrogen) atoms. The molecule has 0 spiro atoms. The molecule has 0 radical (unpaired) electrons. The van der Waals surface area contributed by atoms with Crippen LogP contribution in [0.3, 0.4) is 0 Å². The monoisotopic (exact) mass is 547 g/mol. The zero-order valence-electron chi connectivity index (χ0n) is 20.4. The van der Waals surface area contributed by atoms with Gasteiger partial charge >= 0.3 is 6.18 Å². The number of benzene rings is 2. The minimum atomic E-state index is -4.83. The fraction of sp³-hybridized carbons (Fsp3) is 0.417. The lowest BCUT2D eigenvalue weighted by atomic mass is 10.1. The largest absolute Gasteiger partial charge is 0.417 e. The first kappa shape index (κ1) is 29.4. The minimum Gasteiger partial charge on any atom is -0.355 e. The van der Waals surface area contributed by atoms with Crippen LogP contribution in [0.2, 0.25) is 5.02 Å². The summed E-state index contributed by atoms with van der Waals surface area (Å²) in [5, 5.41) is 2.07. The number of halogens is 4. The molecule has 0 aliphatic carbocycles. The van der Waals surface area contributed by atoms with E-state index in [1.165, 1.54) is 4.90 Å². The van der Waals surface area contributed by atoms with Gasteiger partial charge in [0.25, 0.3) is 0 Å². The minimum absolute atomic E-state index is 0.000769. The molecule has 2 aromatic carbocycles. The van der Waals surface area contributed by atoms with Crippen molar-refractivity contribution in [2.75, 3.05) is 23.7 Å². The van der Waals surface area contributed by atoms with Crippen LogP contribution < -0.4 is 9.62 Å². The SMILES string of the molecule is CCNC(=O)[C@@H](CC)N(Cc1ccc(C)cc1)C(=O)CN(c1ccc(Cl)c(C(F)(F)F)c1)S(C)(=O)=O. The Morgan fingerprint density at radius 1 is 1.08 bits per heavy atom. The summed E-state index contributed by atoms with van der Waals surface area (Å²) in [6.45, 7) is 4.84. The number of alkyl halides is 3. The molecule has 0 aliphatic heterocycles. The van der Waals surface area contributed by atoms with Crippen LogP contribution in [0.1, 0.15) is 37.0 Å². The van der Waals surface area contributed by atoms with E-state index in [2.05, 4.69) is 5.32 Å². The summed E-state index contributed by atoms with van der Waals surface area (Å²) in [5.41, 5.74) is 0.0873. The van der Waals surface area contributed by atoms with Crippen molar-refractivity contribution in [1.29, 1.82) is 0 Å². The van der Waals surface area contributed by atoms with E-state index >= 15 is 0 Å². The molecule has 2 amide bonds. The van der Waals surface area contributed by atoms with Crippen molar-refractivity contribution in [2.45, 2.75) is 46.0 Å². The van der Waals surface area contributed by atoms with E-state index in [1.54, 1.807) is 26.0 Å². The Kier molecular flexibility index (Phi) is 9.78. The molecule has 2 rings (SSSR count). The maximum Gasteiger partial charge on any atom is 0.417 e. The molecule has 0 fully saturated rings. The molecular formula is C24H29ClF3N3O4S. The number of nitrogens with one attached hydrogen (secondary N) is 1. The predicted octanol–water partition coefficient (Wildman–Crippen LogP) is 4.38. The molecule has 0 bridgehead atoms. The maximum atomic E-state index is 13.5. The average molecular weight is 548 g/mol. The van der Waals surface area contributed by atoms with E-state index in [1.807, 2.05) is 19.1 Å². The third-order valence-electron chi connectivity index (χ3n) is 5.43. The number of nitrogens with zero attached hydrogens (tertiary/aromatic N) is 2. The molecule has 0 saturated carbocycles. The van der Waals surface area contributed by atoms with Crippen molar-refractivity contribution in [3.8, 4) is 0 Å². The summed E-state index contributed by atoms with van der Waals surface area (Å²) >= 11 is 5.67. The number of sulfonamides is 1. The Labute approximate surface area is 214 Å². The van der Waals surface area contributed by atoms with Crippen molar-refractivity contribution in [3.05, 3.63) is 64.2 Å². The van der Waals surface area contributed by atoms with Crippen LogP contribution in [-0.2, 0) is 32.3 Å². The van der Waals surface area contributed by atoms with Gasteiger partial charge in [-0.25, -0.2) is 8.42 Å². The van der Waals surface area contributed by atoms with Gasteiger partial charge in [0.05, 0.1) is 22.5 Å². The maximum absolute atomic E-state index is 13.5. The normalized spacial score (nSPS) is 12.7. The Hall–Kier alpha value is -2.79. The van der Waals surface area contributed by atoms with Gasteiger partial charge in [-0.15, -0.1) is 0 Å². The van der Waals surface area contributed by atoms with E-state index in [4.69, 9.17) is 11.6 Å². The summed E-state index contributed by atoms with van der Waals surface area (Å²) in [7, 11) is -4.19. The first-order valence-electron chi connectivity index (χ1n) is 11.2. The highest BCUT2D eigenvalue weighted by Gasteiger charge is 2.36. The highest BCUT2D eigenvalue weighted by atomic mass is 35.5. The number of anilines is 1. The Morgan fingerprint density at radius 2 is 1.69 bits per heavy atom. The third-order valence-corrected chi connectivity index (χ3v) is 6.90. The number of rotatable bonds is 10. The first-order chi connectivity index (χ1) is 16.7. The number of amides is 2. The summed E-state index contributed by atoms with van der Waals surface area (Å²) in [6, 6.07) is 8.92. The molecule has 1 atom stereocenters. The lowest BCUT2D eigenvalue weighted by Gasteiger charge is -2.33. The molecule has 12 heteroatoms. The first-order valence-corrected chi connectivity index (χ1v) is 13.4. The van der Waals surface area contributed by atoms with Crippen LogP contribution in [0.15, 0.2) is 42.5 Å². The zero-order valence-corrected chi connectivity index (χ0v) is 22.0. The van der Waals surface area contributed by atoms with Crippen molar-refractivity contribution in [2.24, 2.45) is 0 Å². The van der Waals surface area contributed by atoms with E-state index in [9.17, 15) is 31.2 Å². The van der Waals surface area contributed by atoms with Crippen LogP contribution in [0, 0.1) is 6.92 Å². The van der Waals surface area contributed by atoms with Crippen molar-refractivity contribution in [1.82, 2.24) is 10.2 Å². The highest BCUT2D eigenvalue weighted by molar-refractivity contribution is 7.92. The smallest absolute Gasteiger partial charge is 0.355 e. The molecule has 0 saturated heterocycles. The van der Waals surface area contributed by atoms with Gasteiger partial charge in [0.1, 0.15) is 12.6 Å². The Balaban J connectivity index is 2.51. The molecule has 198 valence electrons. The third kappa shape index (κ3) is 7.60. The summed E-state index contributed by atoms with van der Waals surface area (Å²) in [5.74, 6) is -1.17. The quantitative estimate of drug-likeness (QED) is 0.478. The average Bonchev–Trinajstić information content (AvgIpc) is 2.77. The number of hydrogen-bond donors (Lipinski definition) is 1. The summed E-state index contributed by atoms with van der Waals surface area (Å²) in [6.07, 6.45) is -3.81. The second-order valence-corrected chi connectivity index (χ2v) is 10.6. The molecule has 0 aliphatic rings. The topological polar surface area (TPSA) is 86.8 Å². The van der Waals surface area contributed by atoms with Crippen LogP contribution >= 0.6 is 11.6 Å². The molecule has 2 aromatic rings. The van der Waals surface area contributed by atoms with E-state index in [0.29, 0.717) is 22.5 Å². The number of carbonyl (C=O) groups excluding carboxylic acids is 2. The number of hydrogen-bond acceptors (Lipinski definition) is 4. The molecule has 0 heterocycles. The van der Waals surface area contributed by atoms with Gasteiger partial charge in [0.2, 0.25) is 21.8 Å². The lowest BCUT2D eigenvalue weighted by Crippen LogP contribution is -2.52. The van der Waals surface area contributed by atoms with E-state index in [-0.39, 0.29) is 18.7 Å². The predicted molar refractivity (Wildman–Crippen MR) is 133 cm³/mol.